The van der Waals surface area contributed by atoms with E-state index in [0.29, 0.717) is 6.42 Å². The summed E-state index contributed by atoms with van der Waals surface area (Å²) in [6.45, 7) is 5.10. The zero-order valence-corrected chi connectivity index (χ0v) is 6.86. The second-order valence-corrected chi connectivity index (χ2v) is 3.07. The van der Waals surface area contributed by atoms with Gasteiger partial charge in [0, 0.05) is 6.58 Å². The van der Waals surface area contributed by atoms with Gasteiger partial charge >= 0.3 is 0 Å². The van der Waals surface area contributed by atoms with E-state index >= 15 is 0 Å². The number of ether oxygens (including phenoxy) is 1. The van der Waals surface area contributed by atoms with Crippen molar-refractivity contribution in [3.8, 4) is 0 Å². The zero-order valence-electron chi connectivity index (χ0n) is 7.86. The fourth-order valence-electron chi connectivity index (χ4n) is 1.36. The summed E-state index contributed by atoms with van der Waals surface area (Å²) in [7, 11) is 0. The summed E-state index contributed by atoms with van der Waals surface area (Å²) in [5, 5.41) is 9.56. The molecule has 0 radical (unpaired) electrons. The minimum Gasteiger partial charge on any atom is -0.390 e. The molecule has 0 saturated carbocycles. The van der Waals surface area contributed by atoms with Crippen molar-refractivity contribution in [2.45, 2.75) is 32.0 Å². The third kappa shape index (κ3) is 2.04. The Morgan fingerprint density at radius 2 is 2.73 bits per heavy atom. The van der Waals surface area contributed by atoms with E-state index in [-0.39, 0.29) is 12.0 Å². The van der Waals surface area contributed by atoms with Gasteiger partial charge in [-0.2, -0.15) is 0 Å². The highest BCUT2D eigenvalue weighted by atomic mass is 16.5. The van der Waals surface area contributed by atoms with E-state index < -0.39 is 12.7 Å². The first-order valence-electron chi connectivity index (χ1n) is 4.59. The van der Waals surface area contributed by atoms with Crippen molar-refractivity contribution in [2.24, 2.45) is 5.92 Å². The van der Waals surface area contributed by atoms with Gasteiger partial charge in [0.2, 0.25) is 0 Å². The minimum absolute atomic E-state index is 0.175. The van der Waals surface area contributed by atoms with Crippen LogP contribution in [0, 0.1) is 5.92 Å². The molecule has 0 aromatic carbocycles. The lowest BCUT2D eigenvalue weighted by Crippen LogP contribution is -2.29. The highest BCUT2D eigenvalue weighted by Gasteiger charge is 2.29. The SMILES string of the molecule is [3H][C@H]1C[C@H](C)[C@@H]([C@@H](O)CC=C)O1. The number of aliphatic hydroxyl groups is 1. The molecular weight excluding hydrogens is 140 g/mol. The lowest BCUT2D eigenvalue weighted by atomic mass is 9.98. The van der Waals surface area contributed by atoms with Crippen LogP contribution in [0.5, 0.6) is 0 Å². The maximum absolute atomic E-state index is 9.56. The molecule has 1 aliphatic heterocycles. The van der Waals surface area contributed by atoms with Gasteiger partial charge in [-0.05, 0) is 18.8 Å². The molecule has 1 N–H and O–H groups in total. The smallest absolute Gasteiger partial charge is 0.0863 e. The second kappa shape index (κ2) is 3.88. The molecule has 1 aliphatic rings. The van der Waals surface area contributed by atoms with Crippen molar-refractivity contribution in [1.29, 1.82) is 0 Å². The Labute approximate surface area is 69.3 Å². The van der Waals surface area contributed by atoms with Gasteiger partial charge in [0.05, 0.1) is 13.6 Å². The summed E-state index contributed by atoms with van der Waals surface area (Å²) in [4.78, 5) is 0. The van der Waals surface area contributed by atoms with Crippen LogP contribution in [0.3, 0.4) is 0 Å². The number of aliphatic hydroxyl groups excluding tert-OH is 1. The van der Waals surface area contributed by atoms with E-state index in [4.69, 9.17) is 6.11 Å². The molecule has 1 heterocycles. The third-order valence-electron chi connectivity index (χ3n) is 2.07. The van der Waals surface area contributed by atoms with Crippen LogP contribution < -0.4 is 0 Å². The van der Waals surface area contributed by atoms with Crippen LogP contribution in [0.25, 0.3) is 0 Å². The van der Waals surface area contributed by atoms with Crippen molar-refractivity contribution in [3.05, 3.63) is 12.7 Å². The highest BCUT2D eigenvalue weighted by molar-refractivity contribution is 4.84. The standard InChI is InChI=1S/C9H16O2/c1-3-4-8(10)9-7(2)5-6-11-9/h3,7-10H,1,4-6H2,2H3/t7-,8-,9-/m0/s1/i6T/t6-,7-,8-,9-. The van der Waals surface area contributed by atoms with Gasteiger partial charge in [0.1, 0.15) is 0 Å². The molecule has 0 amide bonds. The van der Waals surface area contributed by atoms with E-state index in [9.17, 15) is 5.11 Å². The molecule has 0 bridgehead atoms. The topological polar surface area (TPSA) is 29.5 Å². The van der Waals surface area contributed by atoms with E-state index in [0.717, 1.165) is 6.42 Å². The van der Waals surface area contributed by atoms with Gasteiger partial charge < -0.3 is 9.84 Å². The quantitative estimate of drug-likeness (QED) is 0.628. The summed E-state index contributed by atoms with van der Waals surface area (Å²) in [5.41, 5.74) is 0. The molecule has 0 unspecified atom stereocenters. The Hall–Kier alpha value is -0.340. The number of hydrogen-bond donors (Lipinski definition) is 1. The van der Waals surface area contributed by atoms with Crippen LogP contribution in [-0.4, -0.2) is 23.9 Å². The molecular formula is C9H16O2. The van der Waals surface area contributed by atoms with Gasteiger partial charge in [-0.15, -0.1) is 6.58 Å². The van der Waals surface area contributed by atoms with Gasteiger partial charge in [-0.1, -0.05) is 13.0 Å². The Kier molecular flexibility index (Phi) is 2.58. The van der Waals surface area contributed by atoms with Crippen LogP contribution in [0.2, 0.25) is 0 Å². The molecule has 0 aromatic rings. The Balaban J connectivity index is 2.45. The Morgan fingerprint density at radius 3 is 3.18 bits per heavy atom. The fraction of sp³-hybridized carbons (Fsp3) is 0.778. The second-order valence-electron chi connectivity index (χ2n) is 3.07. The predicted molar refractivity (Wildman–Crippen MR) is 44.3 cm³/mol. The van der Waals surface area contributed by atoms with E-state index in [2.05, 4.69) is 6.58 Å². The largest absolute Gasteiger partial charge is 0.390 e. The summed E-state index contributed by atoms with van der Waals surface area (Å²) in [6.07, 6.45) is 2.27. The highest BCUT2D eigenvalue weighted by Crippen LogP contribution is 2.24. The van der Waals surface area contributed by atoms with Gasteiger partial charge in [0.25, 0.3) is 0 Å². The molecule has 64 valence electrons. The molecule has 1 fully saturated rings. The first-order valence-corrected chi connectivity index (χ1v) is 4.01. The normalized spacial score (nSPS) is 41.6. The van der Waals surface area contributed by atoms with Crippen molar-refractivity contribution in [3.63, 3.8) is 0 Å². The average Bonchev–Trinajstić information content (AvgIpc) is 2.30. The lowest BCUT2D eigenvalue weighted by molar-refractivity contribution is -0.0144. The molecule has 2 heteroatoms. The van der Waals surface area contributed by atoms with Crippen molar-refractivity contribution >= 4 is 0 Å². The van der Waals surface area contributed by atoms with Crippen LogP contribution in [0.4, 0.5) is 0 Å². The molecule has 2 nitrogen and oxygen atoms in total. The minimum atomic E-state index is -0.493. The number of rotatable bonds is 3. The molecule has 1 saturated heterocycles. The van der Waals surface area contributed by atoms with E-state index in [1.165, 1.54) is 0 Å². The fourth-order valence-corrected chi connectivity index (χ4v) is 1.36. The molecule has 0 spiro atoms. The number of hydrogen-bond acceptors (Lipinski definition) is 2. The summed E-state index contributed by atoms with van der Waals surface area (Å²) in [5.74, 6) is 0.280. The van der Waals surface area contributed by atoms with Crippen molar-refractivity contribution in [1.82, 2.24) is 0 Å². The first kappa shape index (κ1) is 7.32. The first-order chi connectivity index (χ1) is 5.65. The van der Waals surface area contributed by atoms with Crippen LogP contribution in [0.1, 0.15) is 21.1 Å². The summed E-state index contributed by atoms with van der Waals surface area (Å²) in [6, 6.07) is 0. The van der Waals surface area contributed by atoms with Gasteiger partial charge in [-0.25, -0.2) is 0 Å². The van der Waals surface area contributed by atoms with Crippen LogP contribution in [0.15, 0.2) is 12.7 Å². The molecule has 4 atom stereocenters. The zero-order chi connectivity index (χ0) is 9.14. The molecule has 11 heavy (non-hydrogen) atoms. The molecule has 0 aliphatic carbocycles. The Morgan fingerprint density at radius 1 is 2.00 bits per heavy atom. The molecule has 1 rings (SSSR count). The third-order valence-corrected chi connectivity index (χ3v) is 2.07. The summed E-state index contributed by atoms with van der Waals surface area (Å²) < 4.78 is 12.6. The predicted octanol–water partition coefficient (Wildman–Crippen LogP) is 1.35. The van der Waals surface area contributed by atoms with Crippen LogP contribution in [-0.2, 0) is 4.74 Å². The van der Waals surface area contributed by atoms with Crippen LogP contribution >= 0.6 is 0 Å². The van der Waals surface area contributed by atoms with Gasteiger partial charge in [-0.3, -0.25) is 0 Å². The lowest BCUT2D eigenvalue weighted by Gasteiger charge is -2.19. The van der Waals surface area contributed by atoms with Crippen molar-refractivity contribution < 1.29 is 11.2 Å². The van der Waals surface area contributed by atoms with E-state index in [1.807, 2.05) is 6.92 Å². The van der Waals surface area contributed by atoms with E-state index in [1.54, 1.807) is 6.08 Å². The maximum atomic E-state index is 9.56. The van der Waals surface area contributed by atoms with Crippen molar-refractivity contribution in [2.75, 3.05) is 6.58 Å². The monoisotopic (exact) mass is 158 g/mol. The molecule has 0 aromatic heterocycles. The Bertz CT molecular complexity index is 161. The summed E-state index contributed by atoms with van der Waals surface area (Å²) >= 11 is 0. The maximum Gasteiger partial charge on any atom is 0.0863 e. The average molecular weight is 158 g/mol. The van der Waals surface area contributed by atoms with Gasteiger partial charge in [0.15, 0.2) is 0 Å².